The lowest BCUT2D eigenvalue weighted by molar-refractivity contribution is -0.134. The summed E-state index contributed by atoms with van der Waals surface area (Å²) in [5.41, 5.74) is 0. The number of likely N-dealkylation sites (tertiary alicyclic amines) is 2. The first-order valence-corrected chi connectivity index (χ1v) is 7.31. The van der Waals surface area contributed by atoms with Crippen molar-refractivity contribution in [2.45, 2.75) is 51.1 Å². The summed E-state index contributed by atoms with van der Waals surface area (Å²) in [6.07, 6.45) is 5.40. The second-order valence-electron chi connectivity index (χ2n) is 5.43. The lowest BCUT2D eigenvalue weighted by atomic mass is 10.0. The number of carbonyl (C=O) groups is 1. The Balaban J connectivity index is 1.88. The van der Waals surface area contributed by atoms with Crippen LogP contribution in [0.2, 0.25) is 0 Å². The minimum atomic E-state index is 0.284. The van der Waals surface area contributed by atoms with Crippen LogP contribution in [0.15, 0.2) is 0 Å². The Morgan fingerprint density at radius 3 is 2.61 bits per heavy atom. The van der Waals surface area contributed by atoms with Gasteiger partial charge in [0.25, 0.3) is 0 Å². The molecule has 2 rings (SSSR count). The van der Waals surface area contributed by atoms with Crippen LogP contribution in [-0.2, 0) is 9.53 Å². The smallest absolute Gasteiger partial charge is 0.225 e. The Labute approximate surface area is 110 Å². The van der Waals surface area contributed by atoms with E-state index in [0.29, 0.717) is 31.7 Å². The summed E-state index contributed by atoms with van der Waals surface area (Å²) in [7, 11) is 2.19. The molecule has 0 aliphatic carbocycles. The van der Waals surface area contributed by atoms with E-state index in [1.807, 2.05) is 6.92 Å². The first-order valence-electron chi connectivity index (χ1n) is 7.31. The standard InChI is InChI=1S/C14H26N2O2/c1-3-18-11-8-14(17)16-10-5-7-13(16)12-6-4-9-15(12)2/h12-13H,3-11H2,1-2H3/t12-,13-/m1/s1. The van der Waals surface area contributed by atoms with Gasteiger partial charge in [-0.25, -0.2) is 0 Å². The van der Waals surface area contributed by atoms with Crippen LogP contribution in [0.4, 0.5) is 0 Å². The van der Waals surface area contributed by atoms with Crippen molar-refractivity contribution in [1.29, 1.82) is 0 Å². The molecule has 0 spiro atoms. The van der Waals surface area contributed by atoms with Gasteiger partial charge in [-0.15, -0.1) is 0 Å². The average Bonchev–Trinajstić information content (AvgIpc) is 2.97. The minimum absolute atomic E-state index is 0.284. The van der Waals surface area contributed by atoms with Crippen molar-refractivity contribution in [3.8, 4) is 0 Å². The van der Waals surface area contributed by atoms with Crippen molar-refractivity contribution in [3.05, 3.63) is 0 Å². The summed E-state index contributed by atoms with van der Waals surface area (Å²) in [5.74, 6) is 0.284. The van der Waals surface area contributed by atoms with E-state index in [9.17, 15) is 4.79 Å². The fourth-order valence-corrected chi connectivity index (χ4v) is 3.37. The number of carbonyl (C=O) groups excluding carboxylic acids is 1. The van der Waals surface area contributed by atoms with Crippen molar-refractivity contribution >= 4 is 5.91 Å². The molecule has 0 bridgehead atoms. The third-order valence-corrected chi connectivity index (χ3v) is 4.30. The molecule has 4 heteroatoms. The number of likely N-dealkylation sites (N-methyl/N-ethyl adjacent to an activating group) is 1. The van der Waals surface area contributed by atoms with Crippen LogP contribution in [0.25, 0.3) is 0 Å². The first-order chi connectivity index (χ1) is 8.74. The van der Waals surface area contributed by atoms with Crippen molar-refractivity contribution in [2.24, 2.45) is 0 Å². The Kier molecular flexibility index (Phi) is 5.01. The molecule has 2 atom stereocenters. The molecular weight excluding hydrogens is 228 g/mol. The normalized spacial score (nSPS) is 29.1. The topological polar surface area (TPSA) is 32.8 Å². The Morgan fingerprint density at radius 1 is 1.22 bits per heavy atom. The van der Waals surface area contributed by atoms with E-state index in [0.717, 1.165) is 13.0 Å². The number of hydrogen-bond acceptors (Lipinski definition) is 3. The van der Waals surface area contributed by atoms with E-state index >= 15 is 0 Å². The molecule has 0 saturated carbocycles. The first kappa shape index (κ1) is 13.8. The molecule has 18 heavy (non-hydrogen) atoms. The number of hydrogen-bond donors (Lipinski definition) is 0. The van der Waals surface area contributed by atoms with Gasteiger partial charge in [0.05, 0.1) is 13.0 Å². The molecule has 0 aromatic carbocycles. The molecule has 1 amide bonds. The average molecular weight is 254 g/mol. The van der Waals surface area contributed by atoms with Crippen LogP contribution in [0.3, 0.4) is 0 Å². The molecule has 2 aliphatic rings. The van der Waals surface area contributed by atoms with Crippen LogP contribution in [0.1, 0.15) is 39.0 Å². The summed E-state index contributed by atoms with van der Waals surface area (Å²) in [4.78, 5) is 16.8. The van der Waals surface area contributed by atoms with Crippen LogP contribution in [0, 0.1) is 0 Å². The third-order valence-electron chi connectivity index (χ3n) is 4.30. The van der Waals surface area contributed by atoms with Crippen molar-refractivity contribution in [1.82, 2.24) is 9.80 Å². The van der Waals surface area contributed by atoms with Gasteiger partial charge >= 0.3 is 0 Å². The van der Waals surface area contributed by atoms with Crippen molar-refractivity contribution < 1.29 is 9.53 Å². The highest BCUT2D eigenvalue weighted by Gasteiger charge is 2.37. The lowest BCUT2D eigenvalue weighted by Crippen LogP contribution is -2.47. The summed E-state index contributed by atoms with van der Waals surface area (Å²) in [5, 5.41) is 0. The summed E-state index contributed by atoms with van der Waals surface area (Å²) < 4.78 is 5.29. The fraction of sp³-hybridized carbons (Fsp3) is 0.929. The van der Waals surface area contributed by atoms with E-state index in [-0.39, 0.29) is 5.91 Å². The van der Waals surface area contributed by atoms with Crippen LogP contribution in [0.5, 0.6) is 0 Å². The van der Waals surface area contributed by atoms with Crippen molar-refractivity contribution in [2.75, 3.05) is 33.4 Å². The van der Waals surface area contributed by atoms with Gasteiger partial charge in [0, 0.05) is 25.2 Å². The van der Waals surface area contributed by atoms with E-state index in [4.69, 9.17) is 4.74 Å². The lowest BCUT2D eigenvalue weighted by Gasteiger charge is -2.33. The molecule has 104 valence electrons. The van der Waals surface area contributed by atoms with Gasteiger partial charge < -0.3 is 14.5 Å². The molecule has 4 nitrogen and oxygen atoms in total. The number of rotatable bonds is 5. The zero-order chi connectivity index (χ0) is 13.0. The molecule has 0 aromatic heterocycles. The fourth-order valence-electron chi connectivity index (χ4n) is 3.37. The molecule has 0 aromatic rings. The molecule has 0 N–H and O–H groups in total. The van der Waals surface area contributed by atoms with Gasteiger partial charge in [0.1, 0.15) is 0 Å². The highest BCUT2D eigenvalue weighted by Crippen LogP contribution is 2.29. The van der Waals surface area contributed by atoms with Gasteiger partial charge in [-0.2, -0.15) is 0 Å². The van der Waals surface area contributed by atoms with Crippen molar-refractivity contribution in [3.63, 3.8) is 0 Å². The molecule has 2 aliphatic heterocycles. The van der Waals surface area contributed by atoms with E-state index < -0.39 is 0 Å². The van der Waals surface area contributed by atoms with E-state index in [2.05, 4.69) is 16.8 Å². The molecule has 0 radical (unpaired) electrons. The van der Waals surface area contributed by atoms with Gasteiger partial charge in [-0.1, -0.05) is 0 Å². The largest absolute Gasteiger partial charge is 0.381 e. The molecule has 0 unspecified atom stereocenters. The molecule has 2 heterocycles. The van der Waals surface area contributed by atoms with Gasteiger partial charge in [0.2, 0.25) is 5.91 Å². The maximum atomic E-state index is 12.2. The van der Waals surface area contributed by atoms with Crippen LogP contribution < -0.4 is 0 Å². The minimum Gasteiger partial charge on any atom is -0.381 e. The maximum absolute atomic E-state index is 12.2. The zero-order valence-electron chi connectivity index (χ0n) is 11.7. The van der Waals surface area contributed by atoms with Crippen LogP contribution >= 0.6 is 0 Å². The van der Waals surface area contributed by atoms with Gasteiger partial charge in [-0.05, 0) is 46.2 Å². The maximum Gasteiger partial charge on any atom is 0.225 e. The predicted molar refractivity (Wildman–Crippen MR) is 71.5 cm³/mol. The van der Waals surface area contributed by atoms with E-state index in [1.165, 1.54) is 25.8 Å². The second-order valence-corrected chi connectivity index (χ2v) is 5.43. The number of amides is 1. The molecule has 2 saturated heterocycles. The Hall–Kier alpha value is -0.610. The quantitative estimate of drug-likeness (QED) is 0.697. The summed E-state index contributed by atoms with van der Waals surface area (Å²) in [6.45, 7) is 5.36. The van der Waals surface area contributed by atoms with Gasteiger partial charge in [0.15, 0.2) is 0 Å². The number of nitrogens with zero attached hydrogens (tertiary/aromatic N) is 2. The zero-order valence-corrected chi connectivity index (χ0v) is 11.7. The molecule has 2 fully saturated rings. The second kappa shape index (κ2) is 6.53. The Bertz CT molecular complexity index is 283. The third kappa shape index (κ3) is 3.04. The predicted octanol–water partition coefficient (Wildman–Crippen LogP) is 1.50. The monoisotopic (exact) mass is 254 g/mol. The van der Waals surface area contributed by atoms with Crippen LogP contribution in [-0.4, -0.2) is 61.1 Å². The highest BCUT2D eigenvalue weighted by molar-refractivity contribution is 5.77. The highest BCUT2D eigenvalue weighted by atomic mass is 16.5. The summed E-state index contributed by atoms with van der Waals surface area (Å²) >= 11 is 0. The van der Waals surface area contributed by atoms with E-state index in [1.54, 1.807) is 0 Å². The van der Waals surface area contributed by atoms with Gasteiger partial charge in [-0.3, -0.25) is 4.79 Å². The number of ether oxygens (including phenoxy) is 1. The Morgan fingerprint density at radius 2 is 1.94 bits per heavy atom. The molecular formula is C14H26N2O2. The summed E-state index contributed by atoms with van der Waals surface area (Å²) in [6, 6.07) is 1.04. The SMILES string of the molecule is CCOCCC(=O)N1CCC[C@@H]1[C@H]1CCCN1C.